The maximum atomic E-state index is 14.1. The molecule has 4 amide bonds. The lowest BCUT2D eigenvalue weighted by Gasteiger charge is -2.28. The van der Waals surface area contributed by atoms with Crippen molar-refractivity contribution < 1.29 is 29.0 Å². The van der Waals surface area contributed by atoms with Crippen LogP contribution in [0.2, 0.25) is 0 Å². The van der Waals surface area contributed by atoms with E-state index >= 15 is 0 Å². The lowest BCUT2D eigenvalue weighted by Crippen LogP contribution is -2.49. The van der Waals surface area contributed by atoms with Crippen LogP contribution in [0, 0.1) is 0 Å². The highest BCUT2D eigenvalue weighted by molar-refractivity contribution is 5.89. The van der Waals surface area contributed by atoms with Gasteiger partial charge in [0.2, 0.25) is 11.8 Å². The van der Waals surface area contributed by atoms with Crippen molar-refractivity contribution in [3.63, 3.8) is 0 Å². The Morgan fingerprint density at radius 2 is 1.31 bits per heavy atom. The minimum atomic E-state index is -1.23. The van der Waals surface area contributed by atoms with E-state index in [9.17, 15) is 19.2 Å². The van der Waals surface area contributed by atoms with Crippen LogP contribution in [-0.2, 0) is 20.7 Å². The maximum Gasteiger partial charge on any atom is 0.407 e. The molecule has 58 heavy (non-hydrogen) atoms. The molecule has 0 spiro atoms. The number of carbonyl (C=O) groups is 4. The predicted octanol–water partition coefficient (Wildman–Crippen LogP) is 6.57. The van der Waals surface area contributed by atoms with Crippen molar-refractivity contribution in [1.29, 1.82) is 0 Å². The number of benzene rings is 3. The molecule has 15 nitrogen and oxygen atoms in total. The van der Waals surface area contributed by atoms with Gasteiger partial charge in [0.1, 0.15) is 23.7 Å². The van der Waals surface area contributed by atoms with E-state index in [4.69, 9.17) is 14.8 Å². The molecule has 4 atom stereocenters. The Balaban J connectivity index is 0.926. The van der Waals surface area contributed by atoms with Gasteiger partial charge in [-0.1, -0.05) is 66.7 Å². The highest BCUT2D eigenvalue weighted by atomic mass is 16.5. The summed E-state index contributed by atoms with van der Waals surface area (Å²) in [5.41, 5.74) is 7.54. The van der Waals surface area contributed by atoms with Gasteiger partial charge >= 0.3 is 12.2 Å². The number of rotatable bonds is 11. The summed E-state index contributed by atoms with van der Waals surface area (Å²) in [6.07, 6.45) is 6.98. The zero-order chi connectivity index (χ0) is 40.3. The Kier molecular flexibility index (Phi) is 10.7. The number of aromatic amines is 3. The molecule has 0 radical (unpaired) electrons. The number of ether oxygens (including phenoxy) is 1. The van der Waals surface area contributed by atoms with Crippen LogP contribution in [0.3, 0.4) is 0 Å². The molecule has 3 aromatic heterocycles. The molecular weight excluding hydrogens is 739 g/mol. The predicted molar refractivity (Wildman–Crippen MR) is 216 cm³/mol. The second-order valence-corrected chi connectivity index (χ2v) is 14.8. The molecule has 3 aromatic carbocycles. The molecule has 0 bridgehead atoms. The number of alkyl carbamates (subject to hydrolysis) is 1. The zero-order valence-corrected chi connectivity index (χ0v) is 32.2. The number of aromatic nitrogens is 5. The summed E-state index contributed by atoms with van der Waals surface area (Å²) in [6, 6.07) is 22.1. The molecule has 0 saturated carbocycles. The average molecular weight is 784 g/mol. The molecule has 8 rings (SSSR count). The summed E-state index contributed by atoms with van der Waals surface area (Å²) >= 11 is 0. The number of nitrogens with zero attached hydrogens (tertiary/aromatic N) is 4. The summed E-state index contributed by atoms with van der Waals surface area (Å²) in [4.78, 5) is 73.4. The van der Waals surface area contributed by atoms with Gasteiger partial charge < -0.3 is 45.2 Å². The molecular formula is C43H45N9O6. The van der Waals surface area contributed by atoms with Gasteiger partial charge in [-0.25, -0.2) is 19.6 Å². The molecule has 298 valence electrons. The Bertz CT molecular complexity index is 2440. The van der Waals surface area contributed by atoms with Crippen molar-refractivity contribution in [2.75, 3.05) is 20.2 Å². The highest BCUT2D eigenvalue weighted by Gasteiger charge is 2.37. The standard InChI is InChI=1S/C43H45N9O6/c1-25(47-42(55)56)40(53)51-19-5-9-36(51)38-45-23-34(48-38)28-15-11-26(12-16-28)27-13-17-29(18-14-27)35-24-46-39(49-35)37-10-6-20-52(37)41(54)33(50-43(57)58-2)21-30-22-44-32-8-4-3-7-31(30)32/h3-4,7-8,11-18,22-25,33,36-37,44,47H,5-6,9-10,19-21H2,1-2H3,(H,45,48)(H,46,49)(H,50,57)(H,55,56)/t25-,33-,36-,37?/m0/s1. The number of carbonyl (C=O) groups excluding carboxylic acids is 3. The van der Waals surface area contributed by atoms with Crippen molar-refractivity contribution in [3.05, 3.63) is 109 Å². The molecule has 15 heteroatoms. The number of imidazole rings is 2. The minimum Gasteiger partial charge on any atom is -0.465 e. The third-order valence-electron chi connectivity index (χ3n) is 11.2. The monoisotopic (exact) mass is 783 g/mol. The Morgan fingerprint density at radius 1 is 0.776 bits per heavy atom. The molecule has 5 heterocycles. The summed E-state index contributed by atoms with van der Waals surface area (Å²) < 4.78 is 4.89. The number of likely N-dealkylation sites (tertiary alicyclic amines) is 2. The van der Waals surface area contributed by atoms with Crippen molar-refractivity contribution >= 4 is 34.9 Å². The quantitative estimate of drug-likeness (QED) is 0.0848. The SMILES string of the molecule is COC(=O)N[C@@H](Cc1c[nH]c2ccccc12)C(=O)N1CCCC1c1ncc(-c2ccc(-c3ccc(-c4cnc([C@@H]5CCCN5C(=O)[C@H](C)NC(=O)O)[nH]4)cc3)cc2)[nH]1. The number of nitrogens with one attached hydrogen (secondary N) is 5. The van der Waals surface area contributed by atoms with Gasteiger partial charge in [-0.2, -0.15) is 0 Å². The van der Waals surface area contributed by atoms with E-state index in [1.807, 2.05) is 59.6 Å². The Morgan fingerprint density at radius 3 is 1.86 bits per heavy atom. The van der Waals surface area contributed by atoms with Crippen LogP contribution in [0.25, 0.3) is 44.5 Å². The molecule has 6 aromatic rings. The molecule has 1 unspecified atom stereocenters. The second-order valence-electron chi connectivity index (χ2n) is 14.8. The number of amides is 4. The molecule has 0 aliphatic carbocycles. The van der Waals surface area contributed by atoms with Crippen LogP contribution >= 0.6 is 0 Å². The van der Waals surface area contributed by atoms with Crippen molar-refractivity contribution in [2.45, 2.75) is 63.2 Å². The number of para-hydroxylation sites is 1. The van der Waals surface area contributed by atoms with Crippen molar-refractivity contribution in [3.8, 4) is 33.6 Å². The lowest BCUT2D eigenvalue weighted by molar-refractivity contribution is -0.134. The van der Waals surface area contributed by atoms with Crippen molar-refractivity contribution in [2.24, 2.45) is 0 Å². The van der Waals surface area contributed by atoms with Gasteiger partial charge in [0.25, 0.3) is 0 Å². The van der Waals surface area contributed by atoms with Gasteiger partial charge in [0.05, 0.1) is 43.0 Å². The topological polar surface area (TPSA) is 201 Å². The number of hydrogen-bond donors (Lipinski definition) is 6. The minimum absolute atomic E-state index is 0.186. The fraction of sp³-hybridized carbons (Fsp3) is 0.302. The molecule has 6 N–H and O–H groups in total. The van der Waals surface area contributed by atoms with Crippen LogP contribution in [0.5, 0.6) is 0 Å². The maximum absolute atomic E-state index is 14.1. The van der Waals surface area contributed by atoms with Gasteiger partial charge in [0.15, 0.2) is 0 Å². The second kappa shape index (κ2) is 16.3. The van der Waals surface area contributed by atoms with E-state index in [0.29, 0.717) is 31.2 Å². The summed E-state index contributed by atoms with van der Waals surface area (Å²) in [6.45, 7) is 2.65. The third-order valence-corrected chi connectivity index (χ3v) is 11.2. The summed E-state index contributed by atoms with van der Waals surface area (Å²) in [5.74, 6) is 0.923. The van der Waals surface area contributed by atoms with Crippen molar-refractivity contribution in [1.82, 2.24) is 45.4 Å². The Hall–Kier alpha value is -6.90. The fourth-order valence-electron chi connectivity index (χ4n) is 8.24. The van der Waals surface area contributed by atoms with Gasteiger partial charge in [-0.3, -0.25) is 9.59 Å². The summed E-state index contributed by atoms with van der Waals surface area (Å²) in [7, 11) is 1.29. The van der Waals surface area contributed by atoms with Crippen LogP contribution in [0.15, 0.2) is 91.4 Å². The zero-order valence-electron chi connectivity index (χ0n) is 32.2. The van der Waals surface area contributed by atoms with E-state index in [1.165, 1.54) is 7.11 Å². The number of hydrogen-bond acceptors (Lipinski definition) is 7. The molecule has 2 aliphatic rings. The number of fused-ring (bicyclic) bond motifs is 1. The van der Waals surface area contributed by atoms with E-state index in [2.05, 4.69) is 54.8 Å². The third kappa shape index (κ3) is 7.75. The van der Waals surface area contributed by atoms with E-state index in [-0.39, 0.29) is 23.9 Å². The van der Waals surface area contributed by atoms with Crippen LogP contribution < -0.4 is 10.6 Å². The van der Waals surface area contributed by atoms with Gasteiger partial charge in [-0.15, -0.1) is 0 Å². The summed E-state index contributed by atoms with van der Waals surface area (Å²) in [5, 5.41) is 15.1. The van der Waals surface area contributed by atoms with Gasteiger partial charge in [0, 0.05) is 36.6 Å². The van der Waals surface area contributed by atoms with E-state index in [0.717, 1.165) is 75.8 Å². The lowest BCUT2D eigenvalue weighted by atomic mass is 10.0. The Labute approximate surface area is 334 Å². The highest BCUT2D eigenvalue weighted by Crippen LogP contribution is 2.35. The number of carboxylic acid groups (broad SMARTS) is 1. The normalized spacial score (nSPS) is 17.6. The smallest absolute Gasteiger partial charge is 0.407 e. The molecule has 2 aliphatic heterocycles. The largest absolute Gasteiger partial charge is 0.465 e. The fourth-order valence-corrected chi connectivity index (χ4v) is 8.24. The van der Waals surface area contributed by atoms with Crippen LogP contribution in [0.1, 0.15) is 61.9 Å². The van der Waals surface area contributed by atoms with E-state index < -0.39 is 24.3 Å². The first-order chi connectivity index (χ1) is 28.2. The average Bonchev–Trinajstić information content (AvgIpc) is 4.10. The molecule has 2 fully saturated rings. The first kappa shape index (κ1) is 38.0. The van der Waals surface area contributed by atoms with Crippen LogP contribution in [0.4, 0.5) is 9.59 Å². The number of H-pyrrole nitrogens is 3. The number of methoxy groups -OCH3 is 1. The first-order valence-corrected chi connectivity index (χ1v) is 19.5. The van der Waals surface area contributed by atoms with Crippen LogP contribution in [-0.4, -0.2) is 96.1 Å². The van der Waals surface area contributed by atoms with E-state index in [1.54, 1.807) is 24.2 Å². The first-order valence-electron chi connectivity index (χ1n) is 19.5. The molecule has 2 saturated heterocycles. The van der Waals surface area contributed by atoms with Gasteiger partial charge in [-0.05, 0) is 66.5 Å².